The molecule has 0 unspecified atom stereocenters. The number of carbonyl (C=O) groups excluding carboxylic acids is 3. The van der Waals surface area contributed by atoms with Crippen molar-refractivity contribution >= 4 is 23.8 Å². The van der Waals surface area contributed by atoms with Crippen LogP contribution in [0.1, 0.15) is 31.1 Å². The molecule has 0 fully saturated rings. The highest BCUT2D eigenvalue weighted by Crippen LogP contribution is 2.27. The fourth-order valence-corrected chi connectivity index (χ4v) is 1.88. The zero-order chi connectivity index (χ0) is 19.2. The maximum Gasteiger partial charge on any atom is 0.311 e. The number of hydrogen-bond donors (Lipinski definition) is 1. The molecule has 2 amide bonds. The van der Waals surface area contributed by atoms with Crippen LogP contribution in [0.2, 0.25) is 0 Å². The average Bonchev–Trinajstić information content (AvgIpc) is 2.50. The van der Waals surface area contributed by atoms with E-state index in [0.717, 1.165) is 11.0 Å². The molecule has 136 valence electrons. The van der Waals surface area contributed by atoms with Gasteiger partial charge < -0.3 is 15.0 Å². The molecule has 0 saturated heterocycles. The minimum Gasteiger partial charge on any atom is -0.477 e. The maximum atomic E-state index is 12.0. The van der Waals surface area contributed by atoms with Gasteiger partial charge in [0.1, 0.15) is 6.29 Å². The Labute approximate surface area is 145 Å². The number of nitro benzene ring substituents is 1. The molecule has 0 aromatic heterocycles. The SMILES string of the molecule is CN(CC(=O)NC(C)(C)C)C(=O)COc1ccc(C=O)cc1[N+](=O)[O-]. The predicted molar refractivity (Wildman–Crippen MR) is 89.5 cm³/mol. The molecule has 1 aromatic carbocycles. The van der Waals surface area contributed by atoms with E-state index in [-0.39, 0.29) is 23.8 Å². The van der Waals surface area contributed by atoms with Crippen LogP contribution in [0.4, 0.5) is 5.69 Å². The number of nitrogens with one attached hydrogen (secondary N) is 1. The second-order valence-corrected chi connectivity index (χ2v) is 6.44. The highest BCUT2D eigenvalue weighted by molar-refractivity contribution is 5.85. The van der Waals surface area contributed by atoms with E-state index in [4.69, 9.17) is 4.74 Å². The first-order valence-electron chi connectivity index (χ1n) is 7.45. The smallest absolute Gasteiger partial charge is 0.311 e. The van der Waals surface area contributed by atoms with Gasteiger partial charge in [0, 0.05) is 24.2 Å². The number of nitrogens with zero attached hydrogens (tertiary/aromatic N) is 2. The number of hydrogen-bond acceptors (Lipinski definition) is 6. The van der Waals surface area contributed by atoms with Crippen molar-refractivity contribution in [2.75, 3.05) is 20.2 Å². The second-order valence-electron chi connectivity index (χ2n) is 6.44. The molecule has 0 radical (unpaired) electrons. The first-order valence-corrected chi connectivity index (χ1v) is 7.45. The topological polar surface area (TPSA) is 119 Å². The molecule has 0 aliphatic rings. The van der Waals surface area contributed by atoms with Crippen molar-refractivity contribution in [1.29, 1.82) is 0 Å². The van der Waals surface area contributed by atoms with Crippen molar-refractivity contribution < 1.29 is 24.0 Å². The summed E-state index contributed by atoms with van der Waals surface area (Å²) in [6.07, 6.45) is 0.476. The summed E-state index contributed by atoms with van der Waals surface area (Å²) in [5.41, 5.74) is -0.704. The molecule has 0 spiro atoms. The van der Waals surface area contributed by atoms with E-state index in [1.165, 1.54) is 19.2 Å². The molecule has 1 N–H and O–H groups in total. The molecule has 25 heavy (non-hydrogen) atoms. The molecular formula is C16H21N3O6. The number of benzene rings is 1. The third-order valence-electron chi connectivity index (χ3n) is 2.99. The van der Waals surface area contributed by atoms with Gasteiger partial charge in [-0.1, -0.05) is 0 Å². The summed E-state index contributed by atoms with van der Waals surface area (Å²) < 4.78 is 5.18. The summed E-state index contributed by atoms with van der Waals surface area (Å²) in [7, 11) is 1.43. The van der Waals surface area contributed by atoms with Crippen molar-refractivity contribution in [1.82, 2.24) is 10.2 Å². The lowest BCUT2D eigenvalue weighted by Crippen LogP contribution is -2.47. The van der Waals surface area contributed by atoms with Gasteiger partial charge in [-0.05, 0) is 32.9 Å². The quantitative estimate of drug-likeness (QED) is 0.447. The van der Waals surface area contributed by atoms with E-state index < -0.39 is 28.7 Å². The lowest BCUT2D eigenvalue weighted by molar-refractivity contribution is -0.385. The number of ether oxygens (including phenoxy) is 1. The van der Waals surface area contributed by atoms with E-state index in [1.807, 2.05) is 20.8 Å². The molecule has 9 nitrogen and oxygen atoms in total. The Balaban J connectivity index is 2.68. The van der Waals surface area contributed by atoms with E-state index in [1.54, 1.807) is 0 Å². The van der Waals surface area contributed by atoms with Crippen LogP contribution in [0.5, 0.6) is 5.75 Å². The minimum atomic E-state index is -0.701. The van der Waals surface area contributed by atoms with E-state index in [2.05, 4.69) is 5.32 Å². The first kappa shape index (κ1) is 20.1. The molecule has 0 heterocycles. The summed E-state index contributed by atoms with van der Waals surface area (Å²) in [4.78, 5) is 46.0. The Morgan fingerprint density at radius 3 is 2.52 bits per heavy atom. The Kier molecular flexibility index (Phi) is 6.60. The number of carbonyl (C=O) groups is 3. The summed E-state index contributed by atoms with van der Waals surface area (Å²) in [6.45, 7) is 4.82. The summed E-state index contributed by atoms with van der Waals surface area (Å²) in [6, 6.07) is 3.66. The van der Waals surface area contributed by atoms with E-state index in [9.17, 15) is 24.5 Å². The third-order valence-corrected chi connectivity index (χ3v) is 2.99. The van der Waals surface area contributed by atoms with Crippen LogP contribution in [0.3, 0.4) is 0 Å². The standard InChI is InChI=1S/C16H21N3O6/c1-16(2,3)17-14(21)8-18(4)15(22)10-25-13-6-5-11(9-20)7-12(13)19(23)24/h5-7,9H,8,10H2,1-4H3,(H,17,21). The molecule has 9 heteroatoms. The van der Waals surface area contributed by atoms with Crippen molar-refractivity contribution in [2.24, 2.45) is 0 Å². The van der Waals surface area contributed by atoms with Gasteiger partial charge >= 0.3 is 5.69 Å². The molecule has 0 aliphatic carbocycles. The molecule has 0 saturated carbocycles. The van der Waals surface area contributed by atoms with Crippen LogP contribution in [-0.2, 0) is 9.59 Å². The molecular weight excluding hydrogens is 330 g/mol. The maximum absolute atomic E-state index is 12.0. The fraction of sp³-hybridized carbons (Fsp3) is 0.438. The van der Waals surface area contributed by atoms with Gasteiger partial charge in [0.25, 0.3) is 5.91 Å². The van der Waals surface area contributed by atoms with Crippen LogP contribution in [0.15, 0.2) is 18.2 Å². The molecule has 0 aliphatic heterocycles. The molecule has 0 atom stereocenters. The lowest BCUT2D eigenvalue weighted by Gasteiger charge is -2.23. The predicted octanol–water partition coefficient (Wildman–Crippen LogP) is 1.16. The number of nitro groups is 1. The number of likely N-dealkylation sites (N-methyl/N-ethyl adjacent to an activating group) is 1. The average molecular weight is 351 g/mol. The highest BCUT2D eigenvalue weighted by Gasteiger charge is 2.20. The van der Waals surface area contributed by atoms with Gasteiger partial charge in [-0.15, -0.1) is 0 Å². The second kappa shape index (κ2) is 8.22. The first-order chi connectivity index (χ1) is 11.5. The largest absolute Gasteiger partial charge is 0.477 e. The molecule has 1 rings (SSSR count). The van der Waals surface area contributed by atoms with Gasteiger partial charge in [0.05, 0.1) is 11.5 Å². The van der Waals surface area contributed by atoms with Crippen molar-refractivity contribution in [2.45, 2.75) is 26.3 Å². The Bertz CT molecular complexity index is 681. The fourth-order valence-electron chi connectivity index (χ4n) is 1.88. The van der Waals surface area contributed by atoms with E-state index in [0.29, 0.717) is 6.29 Å². The van der Waals surface area contributed by atoms with Crippen molar-refractivity contribution in [3.63, 3.8) is 0 Å². The minimum absolute atomic E-state index is 0.126. The Morgan fingerprint density at radius 1 is 1.36 bits per heavy atom. The van der Waals surface area contributed by atoms with Gasteiger partial charge in [-0.25, -0.2) is 0 Å². The van der Waals surface area contributed by atoms with Crippen LogP contribution in [0.25, 0.3) is 0 Å². The van der Waals surface area contributed by atoms with Crippen molar-refractivity contribution in [3.05, 3.63) is 33.9 Å². The van der Waals surface area contributed by atoms with E-state index >= 15 is 0 Å². The molecule has 0 bridgehead atoms. The third kappa shape index (κ3) is 6.58. The van der Waals surface area contributed by atoms with Crippen LogP contribution in [0, 0.1) is 10.1 Å². The van der Waals surface area contributed by atoms with Gasteiger partial charge in [0.2, 0.25) is 5.91 Å². The summed E-state index contributed by atoms with van der Waals surface area (Å²) in [5.74, 6) is -0.973. The van der Waals surface area contributed by atoms with Gasteiger partial charge in [-0.2, -0.15) is 0 Å². The van der Waals surface area contributed by atoms with Gasteiger partial charge in [0.15, 0.2) is 12.4 Å². The van der Waals surface area contributed by atoms with Crippen LogP contribution >= 0.6 is 0 Å². The highest BCUT2D eigenvalue weighted by atomic mass is 16.6. The van der Waals surface area contributed by atoms with Crippen LogP contribution < -0.4 is 10.1 Å². The number of amides is 2. The zero-order valence-corrected chi connectivity index (χ0v) is 14.6. The Morgan fingerprint density at radius 2 is 2.00 bits per heavy atom. The normalized spacial score (nSPS) is 10.7. The van der Waals surface area contributed by atoms with Crippen LogP contribution in [-0.4, -0.2) is 53.7 Å². The van der Waals surface area contributed by atoms with Crippen molar-refractivity contribution in [3.8, 4) is 5.75 Å². The van der Waals surface area contributed by atoms with Gasteiger partial charge in [-0.3, -0.25) is 24.5 Å². The number of aldehydes is 1. The monoisotopic (exact) mass is 351 g/mol. The summed E-state index contributed by atoms with van der Waals surface area (Å²) >= 11 is 0. The lowest BCUT2D eigenvalue weighted by atomic mass is 10.1. The zero-order valence-electron chi connectivity index (χ0n) is 14.6. The molecule has 1 aromatic rings. The Hall–Kier alpha value is -2.97. The number of rotatable bonds is 7. The summed E-state index contributed by atoms with van der Waals surface area (Å²) in [5, 5.41) is 13.7.